The minimum absolute atomic E-state index is 0.235. The Hall–Kier alpha value is -1.98. The predicted molar refractivity (Wildman–Crippen MR) is 87.9 cm³/mol. The molecule has 1 aromatic heterocycles. The summed E-state index contributed by atoms with van der Waals surface area (Å²) in [5.74, 6) is -0.479. The van der Waals surface area contributed by atoms with E-state index in [9.17, 15) is 9.59 Å². The number of ether oxygens (including phenoxy) is 2. The zero-order chi connectivity index (χ0) is 17.1. The molecule has 0 aliphatic carbocycles. The van der Waals surface area contributed by atoms with Gasteiger partial charge in [0.15, 0.2) is 6.61 Å². The van der Waals surface area contributed by atoms with Gasteiger partial charge in [0.2, 0.25) is 5.78 Å². The van der Waals surface area contributed by atoms with Gasteiger partial charge in [-0.3, -0.25) is 4.79 Å². The molecule has 0 saturated carbocycles. The van der Waals surface area contributed by atoms with Crippen LogP contribution in [0.15, 0.2) is 18.2 Å². The number of aromatic nitrogens is 1. The van der Waals surface area contributed by atoms with Crippen molar-refractivity contribution in [3.8, 4) is 5.75 Å². The third kappa shape index (κ3) is 3.51. The van der Waals surface area contributed by atoms with E-state index in [1.807, 2.05) is 0 Å². The number of esters is 1. The second-order valence-corrected chi connectivity index (χ2v) is 5.67. The first-order valence-electron chi connectivity index (χ1n) is 6.74. The fourth-order valence-corrected chi connectivity index (χ4v) is 2.59. The number of ketones is 1. The molecule has 0 bridgehead atoms. The van der Waals surface area contributed by atoms with Crippen LogP contribution in [-0.4, -0.2) is 30.5 Å². The van der Waals surface area contributed by atoms with Crippen LogP contribution >= 0.6 is 23.2 Å². The summed E-state index contributed by atoms with van der Waals surface area (Å²) in [6.07, 6.45) is 0. The molecular weight excluding hydrogens is 341 g/mol. The molecule has 2 rings (SSSR count). The molecule has 122 valence electrons. The number of hydrogen-bond donors (Lipinski definition) is 1. The third-order valence-corrected chi connectivity index (χ3v) is 4.18. The largest absolute Gasteiger partial charge is 0.484 e. The second kappa shape index (κ2) is 7.06. The lowest BCUT2D eigenvalue weighted by molar-refractivity contribution is 0.0599. The second-order valence-electron chi connectivity index (χ2n) is 4.88. The van der Waals surface area contributed by atoms with Gasteiger partial charge in [-0.25, -0.2) is 4.79 Å². The zero-order valence-electron chi connectivity index (χ0n) is 12.8. The number of Topliss-reactive ketones (excluding diaryl/α,β-unsaturated/α-hetero) is 1. The maximum absolute atomic E-state index is 12.3. The Labute approximate surface area is 143 Å². The van der Waals surface area contributed by atoms with Crippen molar-refractivity contribution in [2.45, 2.75) is 13.8 Å². The minimum atomic E-state index is -0.492. The van der Waals surface area contributed by atoms with Gasteiger partial charge < -0.3 is 14.5 Å². The molecule has 0 radical (unpaired) electrons. The highest BCUT2D eigenvalue weighted by Crippen LogP contribution is 2.31. The van der Waals surface area contributed by atoms with Gasteiger partial charge in [-0.2, -0.15) is 0 Å². The number of aryl methyl sites for hydroxylation is 1. The fraction of sp³-hybridized carbons (Fsp3) is 0.250. The van der Waals surface area contributed by atoms with E-state index in [0.29, 0.717) is 33.3 Å². The predicted octanol–water partition coefficient (Wildman–Crippen LogP) is 3.99. The summed E-state index contributed by atoms with van der Waals surface area (Å²) >= 11 is 11.9. The SMILES string of the molecule is COC(=O)c1c(C)[nH]c(C(=O)COc2cccc(Cl)c2Cl)c1C. The summed E-state index contributed by atoms with van der Waals surface area (Å²) in [6, 6.07) is 4.92. The normalized spacial score (nSPS) is 10.5. The van der Waals surface area contributed by atoms with Gasteiger partial charge in [0.05, 0.1) is 23.4 Å². The summed E-state index contributed by atoms with van der Waals surface area (Å²) in [7, 11) is 1.29. The highest BCUT2D eigenvalue weighted by Gasteiger charge is 2.22. The van der Waals surface area contributed by atoms with Crippen LogP contribution in [0.5, 0.6) is 5.75 Å². The molecular formula is C16H15Cl2NO4. The summed E-state index contributed by atoms with van der Waals surface area (Å²) < 4.78 is 10.1. The van der Waals surface area contributed by atoms with Crippen molar-refractivity contribution in [2.24, 2.45) is 0 Å². The van der Waals surface area contributed by atoms with Gasteiger partial charge >= 0.3 is 5.97 Å². The van der Waals surface area contributed by atoms with Crippen molar-refractivity contribution in [2.75, 3.05) is 13.7 Å². The van der Waals surface area contributed by atoms with Crippen LogP contribution in [-0.2, 0) is 4.74 Å². The number of hydrogen-bond acceptors (Lipinski definition) is 4. The highest BCUT2D eigenvalue weighted by atomic mass is 35.5. The van der Waals surface area contributed by atoms with Gasteiger partial charge in [-0.15, -0.1) is 0 Å². The lowest BCUT2D eigenvalue weighted by Crippen LogP contribution is -2.13. The van der Waals surface area contributed by atoms with E-state index in [4.69, 9.17) is 32.7 Å². The van der Waals surface area contributed by atoms with Crippen molar-refractivity contribution in [3.05, 3.63) is 50.8 Å². The lowest BCUT2D eigenvalue weighted by Gasteiger charge is -2.08. The van der Waals surface area contributed by atoms with Crippen LogP contribution in [0.2, 0.25) is 10.0 Å². The molecule has 0 spiro atoms. The molecule has 23 heavy (non-hydrogen) atoms. The standard InChI is InChI=1S/C16H15Cl2NO4/c1-8-13(16(21)22-3)9(2)19-15(8)11(20)7-23-12-6-4-5-10(17)14(12)18/h4-6,19H,7H2,1-3H3. The van der Waals surface area contributed by atoms with E-state index in [2.05, 4.69) is 4.98 Å². The van der Waals surface area contributed by atoms with Gasteiger partial charge in [0, 0.05) is 5.69 Å². The van der Waals surface area contributed by atoms with E-state index in [0.717, 1.165) is 0 Å². The van der Waals surface area contributed by atoms with Crippen molar-refractivity contribution in [1.29, 1.82) is 0 Å². The average Bonchev–Trinajstić information content (AvgIpc) is 2.82. The number of carbonyl (C=O) groups is 2. The number of aromatic amines is 1. The molecule has 0 atom stereocenters. The topological polar surface area (TPSA) is 68.4 Å². The molecule has 1 N–H and O–H groups in total. The van der Waals surface area contributed by atoms with Crippen LogP contribution in [0.3, 0.4) is 0 Å². The number of carbonyl (C=O) groups excluding carboxylic acids is 2. The molecule has 0 amide bonds. The number of halogens is 2. The van der Waals surface area contributed by atoms with Crippen molar-refractivity contribution in [1.82, 2.24) is 4.98 Å². The van der Waals surface area contributed by atoms with E-state index in [1.165, 1.54) is 7.11 Å². The van der Waals surface area contributed by atoms with E-state index in [-0.39, 0.29) is 17.4 Å². The van der Waals surface area contributed by atoms with E-state index < -0.39 is 5.97 Å². The van der Waals surface area contributed by atoms with Crippen LogP contribution in [0.25, 0.3) is 0 Å². The smallest absolute Gasteiger partial charge is 0.339 e. The Morgan fingerprint density at radius 3 is 2.57 bits per heavy atom. The van der Waals surface area contributed by atoms with Crippen molar-refractivity contribution < 1.29 is 19.1 Å². The summed E-state index contributed by atoms with van der Waals surface area (Å²) in [4.78, 5) is 27.0. The van der Waals surface area contributed by atoms with Gasteiger partial charge in [0.1, 0.15) is 10.8 Å². The van der Waals surface area contributed by atoms with Gasteiger partial charge in [0.25, 0.3) is 0 Å². The Bertz CT molecular complexity index is 768. The molecule has 2 aromatic rings. The van der Waals surface area contributed by atoms with Crippen molar-refractivity contribution in [3.63, 3.8) is 0 Å². The zero-order valence-corrected chi connectivity index (χ0v) is 14.3. The first-order chi connectivity index (χ1) is 10.9. The average molecular weight is 356 g/mol. The quantitative estimate of drug-likeness (QED) is 0.650. The number of methoxy groups -OCH3 is 1. The molecule has 5 nitrogen and oxygen atoms in total. The molecule has 0 fully saturated rings. The van der Waals surface area contributed by atoms with Crippen LogP contribution in [0, 0.1) is 13.8 Å². The molecule has 0 saturated heterocycles. The maximum atomic E-state index is 12.3. The maximum Gasteiger partial charge on any atom is 0.339 e. The van der Waals surface area contributed by atoms with Crippen LogP contribution in [0.1, 0.15) is 32.1 Å². The van der Waals surface area contributed by atoms with Gasteiger partial charge in [-0.1, -0.05) is 29.3 Å². The van der Waals surface area contributed by atoms with Crippen LogP contribution < -0.4 is 4.74 Å². The summed E-state index contributed by atoms with van der Waals surface area (Å²) in [5.41, 5.74) is 1.76. The van der Waals surface area contributed by atoms with E-state index >= 15 is 0 Å². The minimum Gasteiger partial charge on any atom is -0.484 e. The monoisotopic (exact) mass is 355 g/mol. The van der Waals surface area contributed by atoms with E-state index in [1.54, 1.807) is 32.0 Å². The van der Waals surface area contributed by atoms with Crippen LogP contribution in [0.4, 0.5) is 0 Å². The summed E-state index contributed by atoms with van der Waals surface area (Å²) in [6.45, 7) is 3.14. The van der Waals surface area contributed by atoms with Gasteiger partial charge in [-0.05, 0) is 31.5 Å². The Morgan fingerprint density at radius 2 is 1.91 bits per heavy atom. The third-order valence-electron chi connectivity index (χ3n) is 3.38. The number of benzene rings is 1. The molecule has 1 heterocycles. The number of H-pyrrole nitrogens is 1. The Balaban J connectivity index is 2.19. The highest BCUT2D eigenvalue weighted by molar-refractivity contribution is 6.42. The Morgan fingerprint density at radius 1 is 1.22 bits per heavy atom. The lowest BCUT2D eigenvalue weighted by atomic mass is 10.1. The number of rotatable bonds is 5. The molecule has 1 aromatic carbocycles. The fourth-order valence-electron chi connectivity index (χ4n) is 2.25. The Kier molecular flexibility index (Phi) is 5.34. The molecule has 7 heteroatoms. The first kappa shape index (κ1) is 17.4. The molecule has 0 aliphatic rings. The molecule has 0 unspecified atom stereocenters. The molecule has 0 aliphatic heterocycles. The first-order valence-corrected chi connectivity index (χ1v) is 7.49. The van der Waals surface area contributed by atoms with Crippen molar-refractivity contribution >= 4 is 35.0 Å². The number of nitrogens with one attached hydrogen (secondary N) is 1. The summed E-state index contributed by atoms with van der Waals surface area (Å²) in [5, 5.41) is 0.591.